The molecule has 0 saturated carbocycles. The van der Waals surface area contributed by atoms with Crippen LogP contribution in [0.4, 0.5) is 5.82 Å². The molecule has 3 heterocycles. The molecular formula is C25H18N4O2. The van der Waals surface area contributed by atoms with Crippen molar-refractivity contribution in [3.05, 3.63) is 87.8 Å². The molecule has 6 nitrogen and oxygen atoms in total. The van der Waals surface area contributed by atoms with E-state index >= 15 is 0 Å². The van der Waals surface area contributed by atoms with Gasteiger partial charge in [-0.05, 0) is 26.0 Å². The Morgan fingerprint density at radius 2 is 1.58 bits per heavy atom. The van der Waals surface area contributed by atoms with E-state index in [4.69, 9.17) is 10.2 Å². The monoisotopic (exact) mass is 406 g/mol. The van der Waals surface area contributed by atoms with Crippen molar-refractivity contribution < 1.29 is 4.42 Å². The van der Waals surface area contributed by atoms with E-state index in [0.29, 0.717) is 27.9 Å². The number of nitrogens with zero attached hydrogens (tertiary/aromatic N) is 3. The second-order valence-electron chi connectivity index (χ2n) is 7.62. The van der Waals surface area contributed by atoms with E-state index in [1.165, 1.54) is 4.52 Å². The number of aryl methyl sites for hydroxylation is 2. The number of benzene rings is 2. The maximum Gasteiger partial charge on any atom is 0.347 e. The zero-order chi connectivity index (χ0) is 21.7. The van der Waals surface area contributed by atoms with Crippen molar-refractivity contribution in [1.82, 2.24) is 9.61 Å². The molecule has 3 aromatic heterocycles. The van der Waals surface area contributed by atoms with Crippen LogP contribution in [0.5, 0.6) is 0 Å². The van der Waals surface area contributed by atoms with E-state index in [1.54, 1.807) is 6.07 Å². The first-order chi connectivity index (χ1) is 15.0. The van der Waals surface area contributed by atoms with E-state index in [1.807, 2.05) is 68.4 Å². The predicted octanol–water partition coefficient (Wildman–Crippen LogP) is 4.85. The lowest BCUT2D eigenvalue weighted by molar-refractivity contribution is 0.534. The number of anilines is 1. The van der Waals surface area contributed by atoms with Crippen LogP contribution in [0, 0.1) is 25.2 Å². The Morgan fingerprint density at radius 3 is 2.19 bits per heavy atom. The maximum absolute atomic E-state index is 12.9. The Bertz CT molecular complexity index is 1570. The summed E-state index contributed by atoms with van der Waals surface area (Å²) in [5.74, 6) is 0.530. The number of hydrogen-bond acceptors (Lipinski definition) is 5. The summed E-state index contributed by atoms with van der Waals surface area (Å²) >= 11 is 0. The molecule has 5 rings (SSSR count). The summed E-state index contributed by atoms with van der Waals surface area (Å²) < 4.78 is 7.01. The fraction of sp³-hybridized carbons (Fsp3) is 0.0800. The Kier molecular flexibility index (Phi) is 4.12. The smallest absolute Gasteiger partial charge is 0.347 e. The van der Waals surface area contributed by atoms with Crippen LogP contribution in [0.25, 0.3) is 38.9 Å². The van der Waals surface area contributed by atoms with E-state index < -0.39 is 5.63 Å². The van der Waals surface area contributed by atoms with Gasteiger partial charge in [-0.15, -0.1) is 0 Å². The van der Waals surface area contributed by atoms with Gasteiger partial charge in [0.15, 0.2) is 0 Å². The van der Waals surface area contributed by atoms with Crippen LogP contribution in [-0.4, -0.2) is 9.61 Å². The highest BCUT2D eigenvalue weighted by Crippen LogP contribution is 2.32. The van der Waals surface area contributed by atoms with Gasteiger partial charge in [0, 0.05) is 16.5 Å². The molecule has 0 fully saturated rings. The van der Waals surface area contributed by atoms with Crippen LogP contribution < -0.4 is 11.4 Å². The van der Waals surface area contributed by atoms with Crippen molar-refractivity contribution in [2.75, 3.05) is 5.73 Å². The molecule has 31 heavy (non-hydrogen) atoms. The topological polar surface area (TPSA) is 97.3 Å². The minimum absolute atomic E-state index is 0.145. The number of hydrogen-bond donors (Lipinski definition) is 1. The molecule has 0 radical (unpaired) electrons. The summed E-state index contributed by atoms with van der Waals surface area (Å²) in [5, 5.41) is 15.1. The highest BCUT2D eigenvalue weighted by atomic mass is 16.4. The first-order valence-electron chi connectivity index (χ1n) is 9.79. The summed E-state index contributed by atoms with van der Waals surface area (Å²) in [5.41, 5.74) is 11.2. The number of nitrogen functional groups attached to an aromatic ring is 1. The fourth-order valence-electron chi connectivity index (χ4n) is 3.76. The third kappa shape index (κ3) is 2.95. The Balaban J connectivity index is 1.82. The van der Waals surface area contributed by atoms with Gasteiger partial charge in [-0.1, -0.05) is 59.7 Å². The Morgan fingerprint density at radius 1 is 0.968 bits per heavy atom. The third-order valence-corrected chi connectivity index (χ3v) is 5.47. The van der Waals surface area contributed by atoms with Gasteiger partial charge in [0.25, 0.3) is 0 Å². The molecule has 0 spiro atoms. The van der Waals surface area contributed by atoms with Gasteiger partial charge in [0.2, 0.25) is 0 Å². The summed E-state index contributed by atoms with van der Waals surface area (Å²) in [6.07, 6.45) is 0. The van der Waals surface area contributed by atoms with Crippen molar-refractivity contribution >= 4 is 22.1 Å². The summed E-state index contributed by atoms with van der Waals surface area (Å²) in [6.45, 7) is 3.99. The van der Waals surface area contributed by atoms with Gasteiger partial charge >= 0.3 is 5.63 Å². The van der Waals surface area contributed by atoms with Gasteiger partial charge < -0.3 is 10.2 Å². The molecule has 5 aromatic rings. The summed E-state index contributed by atoms with van der Waals surface area (Å²) in [7, 11) is 0. The van der Waals surface area contributed by atoms with Gasteiger partial charge in [0.05, 0.1) is 16.8 Å². The van der Waals surface area contributed by atoms with Crippen LogP contribution in [0.2, 0.25) is 0 Å². The number of nitrogens with two attached hydrogens (primary N) is 1. The van der Waals surface area contributed by atoms with Crippen molar-refractivity contribution in [2.45, 2.75) is 13.8 Å². The third-order valence-electron chi connectivity index (χ3n) is 5.47. The molecule has 6 heteroatoms. The lowest BCUT2D eigenvalue weighted by Gasteiger charge is -2.09. The molecule has 0 bridgehead atoms. The van der Waals surface area contributed by atoms with E-state index in [2.05, 4.69) is 11.2 Å². The van der Waals surface area contributed by atoms with E-state index in [-0.39, 0.29) is 11.2 Å². The molecule has 0 aliphatic heterocycles. The van der Waals surface area contributed by atoms with Crippen LogP contribution in [0.15, 0.2) is 69.9 Å². The standard InChI is InChI=1S/C25H18N4O2/c1-14-3-7-16(8-4-14)20-12-21-19(13-26)18-11-22(17-9-5-15(2)6-10-17)31-25(30)23(18)24(27)29(21)28-20/h3-12H,27H2,1-2H3. The first kappa shape index (κ1) is 18.6. The van der Waals surface area contributed by atoms with Gasteiger partial charge in [-0.25, -0.2) is 9.31 Å². The molecule has 150 valence electrons. The van der Waals surface area contributed by atoms with E-state index in [9.17, 15) is 10.1 Å². The van der Waals surface area contributed by atoms with Crippen molar-refractivity contribution in [1.29, 1.82) is 5.26 Å². The molecule has 0 amide bonds. The molecule has 0 unspecified atom stereocenters. The highest BCUT2D eigenvalue weighted by molar-refractivity contribution is 6.00. The largest absolute Gasteiger partial charge is 0.422 e. The van der Waals surface area contributed by atoms with Crippen LogP contribution >= 0.6 is 0 Å². The average Bonchev–Trinajstić information content (AvgIpc) is 3.20. The highest BCUT2D eigenvalue weighted by Gasteiger charge is 2.20. The second-order valence-corrected chi connectivity index (χ2v) is 7.62. The zero-order valence-corrected chi connectivity index (χ0v) is 17.0. The lowest BCUT2D eigenvalue weighted by Crippen LogP contribution is -2.10. The van der Waals surface area contributed by atoms with Gasteiger partial charge in [0.1, 0.15) is 23.0 Å². The van der Waals surface area contributed by atoms with Crippen molar-refractivity contribution in [2.24, 2.45) is 0 Å². The van der Waals surface area contributed by atoms with Crippen LogP contribution in [0.1, 0.15) is 16.7 Å². The van der Waals surface area contributed by atoms with Crippen LogP contribution in [-0.2, 0) is 0 Å². The number of fused-ring (bicyclic) bond motifs is 2. The van der Waals surface area contributed by atoms with Gasteiger partial charge in [-0.2, -0.15) is 10.4 Å². The molecule has 0 atom stereocenters. The quantitative estimate of drug-likeness (QED) is 0.452. The molecule has 2 aromatic carbocycles. The minimum Gasteiger partial charge on any atom is -0.422 e. The van der Waals surface area contributed by atoms with Crippen molar-refractivity contribution in [3.63, 3.8) is 0 Å². The molecule has 2 N–H and O–H groups in total. The Hall–Kier alpha value is -4.37. The number of rotatable bonds is 2. The van der Waals surface area contributed by atoms with Gasteiger partial charge in [-0.3, -0.25) is 0 Å². The average molecular weight is 406 g/mol. The first-order valence-corrected chi connectivity index (χ1v) is 9.79. The molecule has 0 saturated heterocycles. The second kappa shape index (κ2) is 6.85. The lowest BCUT2D eigenvalue weighted by atomic mass is 10.0. The van der Waals surface area contributed by atoms with Crippen molar-refractivity contribution in [3.8, 4) is 28.7 Å². The Labute approximate surface area is 177 Å². The maximum atomic E-state index is 12.9. The fourth-order valence-corrected chi connectivity index (χ4v) is 3.76. The summed E-state index contributed by atoms with van der Waals surface area (Å²) in [6, 6.07) is 21.3. The summed E-state index contributed by atoms with van der Waals surface area (Å²) in [4.78, 5) is 12.9. The zero-order valence-electron chi connectivity index (χ0n) is 17.0. The number of nitriles is 1. The molecule has 0 aliphatic rings. The molecule has 0 aliphatic carbocycles. The van der Waals surface area contributed by atoms with E-state index in [0.717, 1.165) is 22.3 Å². The number of pyridine rings is 1. The SMILES string of the molecule is Cc1ccc(-c2cc3c(C#N)c4cc(-c5ccc(C)cc5)oc(=O)c4c(N)n3n2)cc1. The molecular weight excluding hydrogens is 388 g/mol. The van der Waals surface area contributed by atoms with Crippen LogP contribution in [0.3, 0.4) is 0 Å². The predicted molar refractivity (Wildman–Crippen MR) is 121 cm³/mol. The minimum atomic E-state index is -0.601. The number of aromatic nitrogens is 2. The normalized spacial score (nSPS) is 11.1.